The van der Waals surface area contributed by atoms with Crippen LogP contribution >= 0.6 is 0 Å². The molecule has 0 amide bonds. The minimum atomic E-state index is -0.290. The van der Waals surface area contributed by atoms with Crippen LogP contribution in [0.4, 0.5) is 17.1 Å². The van der Waals surface area contributed by atoms with Crippen molar-refractivity contribution in [3.05, 3.63) is 83.2 Å². The lowest BCUT2D eigenvalue weighted by Gasteiger charge is -2.30. The number of carbonyl (C=O) groups is 1. The van der Waals surface area contributed by atoms with E-state index < -0.39 is 0 Å². The first-order valence-electron chi connectivity index (χ1n) is 12.9. The zero-order valence-electron chi connectivity index (χ0n) is 21.3. The Hall–Kier alpha value is -3.38. The van der Waals surface area contributed by atoms with Crippen LogP contribution in [-0.2, 0) is 22.3 Å². The second-order valence-corrected chi connectivity index (χ2v) is 9.71. The van der Waals surface area contributed by atoms with E-state index in [1.54, 1.807) is 18.5 Å². The maximum atomic E-state index is 12.1. The van der Waals surface area contributed by atoms with Crippen LogP contribution in [0.5, 0.6) is 0 Å². The Morgan fingerprint density at radius 2 is 1.89 bits per heavy atom. The van der Waals surface area contributed by atoms with Crippen molar-refractivity contribution in [1.82, 2.24) is 4.98 Å². The van der Waals surface area contributed by atoms with Crippen molar-refractivity contribution < 1.29 is 14.3 Å². The lowest BCUT2D eigenvalue weighted by molar-refractivity contribution is 0.0599. The molecule has 2 heterocycles. The number of aromatic nitrogens is 1. The molecule has 1 aliphatic carbocycles. The molecule has 5 rings (SSSR count). The van der Waals surface area contributed by atoms with Crippen molar-refractivity contribution in [1.29, 1.82) is 0 Å². The average molecular weight is 486 g/mol. The summed E-state index contributed by atoms with van der Waals surface area (Å²) in [7, 11) is 3.57. The Morgan fingerprint density at radius 3 is 2.67 bits per heavy atom. The highest BCUT2D eigenvalue weighted by Gasteiger charge is 2.22. The number of methoxy groups -OCH3 is 1. The molecule has 0 spiro atoms. The predicted octanol–water partition coefficient (Wildman–Crippen LogP) is 5.53. The number of anilines is 3. The van der Waals surface area contributed by atoms with Crippen molar-refractivity contribution in [3.8, 4) is 0 Å². The van der Waals surface area contributed by atoms with Crippen LogP contribution in [0.3, 0.4) is 0 Å². The zero-order valence-corrected chi connectivity index (χ0v) is 21.3. The van der Waals surface area contributed by atoms with Gasteiger partial charge in [0.05, 0.1) is 25.9 Å². The fraction of sp³-hybridized carbons (Fsp3) is 0.400. The summed E-state index contributed by atoms with van der Waals surface area (Å²) < 4.78 is 10.4. The number of benzene rings is 2. The van der Waals surface area contributed by atoms with Crippen LogP contribution in [0.1, 0.15) is 52.2 Å². The van der Waals surface area contributed by atoms with Gasteiger partial charge in [-0.2, -0.15) is 0 Å². The molecular formula is C30H35N3O3. The van der Waals surface area contributed by atoms with Gasteiger partial charge in [-0.1, -0.05) is 6.07 Å². The highest BCUT2D eigenvalue weighted by atomic mass is 16.5. The summed E-state index contributed by atoms with van der Waals surface area (Å²) in [6.07, 6.45) is 8.76. The van der Waals surface area contributed by atoms with Gasteiger partial charge in [0, 0.05) is 49.6 Å². The number of morpholine rings is 1. The van der Waals surface area contributed by atoms with Crippen molar-refractivity contribution in [2.75, 3.05) is 50.3 Å². The number of aryl methyl sites for hydroxylation is 2. The molecule has 2 aliphatic rings. The van der Waals surface area contributed by atoms with E-state index in [1.165, 1.54) is 48.1 Å². The van der Waals surface area contributed by atoms with Gasteiger partial charge in [0.25, 0.3) is 0 Å². The Kier molecular flexibility index (Phi) is 7.52. The summed E-state index contributed by atoms with van der Waals surface area (Å²) >= 11 is 0. The van der Waals surface area contributed by atoms with Gasteiger partial charge in [0.2, 0.25) is 0 Å². The Labute approximate surface area is 213 Å². The number of rotatable bonds is 7. The SMILES string of the molecule is COC(=O)c1ccncc1CC[C@@H]1CCCc2cc(N(C)c3ccc(N4CCOCC4)cc3)ccc21. The summed E-state index contributed by atoms with van der Waals surface area (Å²) in [5, 5.41) is 0. The summed E-state index contributed by atoms with van der Waals surface area (Å²) in [5.41, 5.74) is 8.14. The summed E-state index contributed by atoms with van der Waals surface area (Å²) in [6, 6.07) is 17.5. The topological polar surface area (TPSA) is 54.9 Å². The lowest BCUT2D eigenvalue weighted by Crippen LogP contribution is -2.36. The van der Waals surface area contributed by atoms with E-state index in [0.29, 0.717) is 11.5 Å². The van der Waals surface area contributed by atoms with Gasteiger partial charge >= 0.3 is 5.97 Å². The number of ether oxygens (including phenoxy) is 2. The first kappa shape index (κ1) is 24.3. The maximum Gasteiger partial charge on any atom is 0.338 e. The van der Waals surface area contributed by atoms with Gasteiger partial charge in [0.1, 0.15) is 0 Å². The van der Waals surface area contributed by atoms with Crippen LogP contribution in [0, 0.1) is 0 Å². The van der Waals surface area contributed by atoms with Crippen molar-refractivity contribution in [2.45, 2.75) is 38.0 Å². The number of esters is 1. The molecule has 36 heavy (non-hydrogen) atoms. The molecule has 0 unspecified atom stereocenters. The normalized spacial score (nSPS) is 17.4. The Bertz CT molecular complexity index is 1190. The number of hydrogen-bond donors (Lipinski definition) is 0. The molecule has 1 aliphatic heterocycles. The molecule has 1 fully saturated rings. The Balaban J connectivity index is 1.28. The first-order valence-corrected chi connectivity index (χ1v) is 12.9. The van der Waals surface area contributed by atoms with E-state index in [0.717, 1.165) is 51.1 Å². The Morgan fingerprint density at radius 1 is 1.11 bits per heavy atom. The molecule has 0 saturated carbocycles. The highest BCUT2D eigenvalue weighted by molar-refractivity contribution is 5.90. The van der Waals surface area contributed by atoms with Crippen LogP contribution in [0.2, 0.25) is 0 Å². The zero-order chi connectivity index (χ0) is 24.9. The molecule has 1 atom stereocenters. The molecule has 0 bridgehead atoms. The third kappa shape index (κ3) is 5.24. The average Bonchev–Trinajstić information content (AvgIpc) is 2.95. The van der Waals surface area contributed by atoms with Gasteiger partial charge in [-0.3, -0.25) is 4.98 Å². The van der Waals surface area contributed by atoms with Gasteiger partial charge in [0.15, 0.2) is 0 Å². The lowest BCUT2D eigenvalue weighted by atomic mass is 9.79. The monoisotopic (exact) mass is 485 g/mol. The van der Waals surface area contributed by atoms with Crippen LogP contribution in [0.25, 0.3) is 0 Å². The number of hydrogen-bond acceptors (Lipinski definition) is 6. The highest BCUT2D eigenvalue weighted by Crippen LogP contribution is 2.38. The molecule has 0 radical (unpaired) electrons. The minimum absolute atomic E-state index is 0.290. The standard InChI is InChI=1S/C30H35N3O3/c1-32(25-8-10-26(11-9-25)33-16-18-36-19-17-33)27-12-13-28-22(4-3-5-23(28)20-27)6-7-24-21-31-15-14-29(24)30(34)35-2/h8-15,20-22H,3-7,16-19H2,1-2H3/t22-/m0/s1. The number of carbonyl (C=O) groups excluding carboxylic acids is 1. The summed E-state index contributed by atoms with van der Waals surface area (Å²) in [5.74, 6) is 0.203. The second kappa shape index (κ2) is 11.1. The van der Waals surface area contributed by atoms with E-state index in [2.05, 4.69) is 64.3 Å². The molecular weight excluding hydrogens is 450 g/mol. The fourth-order valence-corrected chi connectivity index (χ4v) is 5.53. The quantitative estimate of drug-likeness (QED) is 0.411. The molecule has 2 aromatic carbocycles. The van der Waals surface area contributed by atoms with Crippen molar-refractivity contribution in [2.24, 2.45) is 0 Å². The van der Waals surface area contributed by atoms with Gasteiger partial charge in [-0.15, -0.1) is 0 Å². The van der Waals surface area contributed by atoms with Crippen molar-refractivity contribution in [3.63, 3.8) is 0 Å². The van der Waals surface area contributed by atoms with Gasteiger partial charge < -0.3 is 19.3 Å². The molecule has 188 valence electrons. The largest absolute Gasteiger partial charge is 0.465 e. The molecule has 1 aromatic heterocycles. The second-order valence-electron chi connectivity index (χ2n) is 9.71. The van der Waals surface area contributed by atoms with Gasteiger partial charge in [-0.25, -0.2) is 4.79 Å². The van der Waals surface area contributed by atoms with Crippen LogP contribution in [-0.4, -0.2) is 51.4 Å². The maximum absolute atomic E-state index is 12.1. The van der Waals surface area contributed by atoms with Crippen molar-refractivity contribution >= 4 is 23.0 Å². The molecule has 1 saturated heterocycles. The summed E-state index contributed by atoms with van der Waals surface area (Å²) in [4.78, 5) is 21.0. The van der Waals surface area contributed by atoms with E-state index >= 15 is 0 Å². The molecule has 6 nitrogen and oxygen atoms in total. The number of nitrogens with zero attached hydrogens (tertiary/aromatic N) is 3. The minimum Gasteiger partial charge on any atom is -0.465 e. The third-order valence-corrected chi connectivity index (χ3v) is 7.64. The molecule has 0 N–H and O–H groups in total. The summed E-state index contributed by atoms with van der Waals surface area (Å²) in [6.45, 7) is 3.50. The van der Waals surface area contributed by atoms with Gasteiger partial charge in [-0.05, 0) is 97.2 Å². The van der Waals surface area contributed by atoms with E-state index in [-0.39, 0.29) is 5.97 Å². The smallest absolute Gasteiger partial charge is 0.338 e. The van der Waals surface area contributed by atoms with E-state index in [4.69, 9.17) is 9.47 Å². The first-order chi connectivity index (χ1) is 17.6. The predicted molar refractivity (Wildman–Crippen MR) is 144 cm³/mol. The fourth-order valence-electron chi connectivity index (χ4n) is 5.53. The van der Waals surface area contributed by atoms with E-state index in [9.17, 15) is 4.79 Å². The van der Waals surface area contributed by atoms with E-state index in [1.807, 2.05) is 0 Å². The van der Waals surface area contributed by atoms with Crippen LogP contribution < -0.4 is 9.80 Å². The molecule has 6 heteroatoms. The number of pyridine rings is 1. The third-order valence-electron chi connectivity index (χ3n) is 7.64. The number of fused-ring (bicyclic) bond motifs is 1. The van der Waals surface area contributed by atoms with Crippen LogP contribution in [0.15, 0.2) is 60.9 Å². The molecule has 3 aromatic rings.